The molecule has 0 aliphatic heterocycles. The van der Waals surface area contributed by atoms with Crippen LogP contribution in [0, 0.1) is 13.8 Å². The van der Waals surface area contributed by atoms with Gasteiger partial charge in [-0.2, -0.15) is 0 Å². The zero-order chi connectivity index (χ0) is 7.56. The van der Waals surface area contributed by atoms with Crippen LogP contribution in [0.3, 0.4) is 0 Å². The van der Waals surface area contributed by atoms with E-state index < -0.39 is 0 Å². The molecule has 1 heterocycles. The number of pyridine rings is 1. The third-order valence-electron chi connectivity index (χ3n) is 1.56. The van der Waals surface area contributed by atoms with Crippen molar-refractivity contribution in [1.82, 2.24) is 0 Å². The number of nitrogens with zero attached hydrogens (tertiary/aromatic N) is 1. The van der Waals surface area contributed by atoms with E-state index in [2.05, 4.69) is 43.8 Å². The first kappa shape index (κ1) is 7.26. The maximum Gasteiger partial charge on any atom is 0.171 e. The summed E-state index contributed by atoms with van der Waals surface area (Å²) in [5.41, 5.74) is 2.67. The summed E-state index contributed by atoms with van der Waals surface area (Å²) in [7, 11) is 0. The third-order valence-corrected chi connectivity index (χ3v) is 1.56. The van der Waals surface area contributed by atoms with E-state index in [1.165, 1.54) is 11.1 Å². The quantitative estimate of drug-likeness (QED) is 0.516. The molecule has 0 N–H and O–H groups in total. The first-order valence-corrected chi connectivity index (χ1v) is 3.69. The van der Waals surface area contributed by atoms with E-state index >= 15 is 0 Å². The maximum absolute atomic E-state index is 2.20. The van der Waals surface area contributed by atoms with Gasteiger partial charge in [0.2, 0.25) is 0 Å². The topological polar surface area (TPSA) is 3.88 Å². The van der Waals surface area contributed by atoms with Crippen molar-refractivity contribution in [1.29, 1.82) is 0 Å². The molecular formula is C9H14N+. The van der Waals surface area contributed by atoms with E-state index in [-0.39, 0.29) is 0 Å². The predicted molar refractivity (Wildman–Crippen MR) is 41.8 cm³/mol. The Morgan fingerprint density at radius 1 is 1.20 bits per heavy atom. The molecule has 0 aliphatic rings. The SMILES string of the molecule is CC[n+]1cc(C)cc(C)c1. The van der Waals surface area contributed by atoms with E-state index in [4.69, 9.17) is 0 Å². The average Bonchev–Trinajstić information content (AvgIpc) is 1.85. The molecule has 0 amide bonds. The molecule has 1 aromatic heterocycles. The van der Waals surface area contributed by atoms with E-state index in [0.29, 0.717) is 0 Å². The van der Waals surface area contributed by atoms with Crippen molar-refractivity contribution >= 4 is 0 Å². The van der Waals surface area contributed by atoms with Gasteiger partial charge in [-0.05, 0) is 26.8 Å². The van der Waals surface area contributed by atoms with E-state index in [0.717, 1.165) is 6.54 Å². The van der Waals surface area contributed by atoms with Crippen LogP contribution in [0.5, 0.6) is 0 Å². The Bertz CT molecular complexity index is 208. The molecule has 0 atom stereocenters. The van der Waals surface area contributed by atoms with Crippen LogP contribution in [0.2, 0.25) is 0 Å². The van der Waals surface area contributed by atoms with Crippen LogP contribution in [-0.2, 0) is 6.54 Å². The molecule has 1 rings (SSSR count). The van der Waals surface area contributed by atoms with Crippen LogP contribution >= 0.6 is 0 Å². The molecule has 0 saturated heterocycles. The average molecular weight is 136 g/mol. The van der Waals surface area contributed by atoms with Crippen molar-refractivity contribution in [3.8, 4) is 0 Å². The van der Waals surface area contributed by atoms with Crippen LogP contribution in [-0.4, -0.2) is 0 Å². The van der Waals surface area contributed by atoms with Gasteiger partial charge in [0.25, 0.3) is 0 Å². The van der Waals surface area contributed by atoms with E-state index in [1.807, 2.05) is 0 Å². The minimum atomic E-state index is 1.06. The van der Waals surface area contributed by atoms with Crippen LogP contribution in [0.15, 0.2) is 18.5 Å². The van der Waals surface area contributed by atoms with Crippen LogP contribution in [0.25, 0.3) is 0 Å². The largest absolute Gasteiger partial charge is 0.205 e. The number of hydrogen-bond acceptors (Lipinski definition) is 0. The Labute approximate surface area is 62.3 Å². The third kappa shape index (κ3) is 1.56. The molecule has 1 aromatic rings. The van der Waals surface area contributed by atoms with E-state index in [9.17, 15) is 0 Å². The van der Waals surface area contributed by atoms with Gasteiger partial charge in [0, 0.05) is 11.1 Å². The Hall–Kier alpha value is -0.850. The van der Waals surface area contributed by atoms with Gasteiger partial charge in [0.15, 0.2) is 12.4 Å². The van der Waals surface area contributed by atoms with Crippen molar-refractivity contribution in [3.05, 3.63) is 29.6 Å². The second-order valence-corrected chi connectivity index (χ2v) is 2.72. The number of hydrogen-bond donors (Lipinski definition) is 0. The van der Waals surface area contributed by atoms with Gasteiger partial charge in [0.05, 0.1) is 0 Å². The Morgan fingerprint density at radius 2 is 1.70 bits per heavy atom. The molecule has 54 valence electrons. The van der Waals surface area contributed by atoms with Crippen LogP contribution in [0.1, 0.15) is 18.1 Å². The standard InChI is InChI=1S/C9H14N/c1-4-10-6-8(2)5-9(3)7-10/h5-7H,4H2,1-3H3/q+1. The highest BCUT2D eigenvalue weighted by atomic mass is 14.9. The summed E-state index contributed by atoms with van der Waals surface area (Å²) in [4.78, 5) is 0. The lowest BCUT2D eigenvalue weighted by molar-refractivity contribution is -0.694. The first-order chi connectivity index (χ1) is 4.72. The summed E-state index contributed by atoms with van der Waals surface area (Å²) >= 11 is 0. The molecule has 0 bridgehead atoms. The van der Waals surface area contributed by atoms with E-state index in [1.54, 1.807) is 0 Å². The first-order valence-electron chi connectivity index (χ1n) is 3.69. The summed E-state index contributed by atoms with van der Waals surface area (Å²) in [5, 5.41) is 0. The molecule has 10 heavy (non-hydrogen) atoms. The zero-order valence-electron chi connectivity index (χ0n) is 6.89. The van der Waals surface area contributed by atoms with Gasteiger partial charge >= 0.3 is 0 Å². The van der Waals surface area contributed by atoms with Crippen molar-refractivity contribution in [2.24, 2.45) is 0 Å². The highest BCUT2D eigenvalue weighted by molar-refractivity contribution is 5.11. The minimum absolute atomic E-state index is 1.06. The van der Waals surface area contributed by atoms with Crippen molar-refractivity contribution in [3.63, 3.8) is 0 Å². The Kier molecular flexibility index (Phi) is 2.05. The zero-order valence-corrected chi connectivity index (χ0v) is 6.89. The fraction of sp³-hybridized carbons (Fsp3) is 0.444. The number of aryl methyl sites for hydroxylation is 3. The highest BCUT2D eigenvalue weighted by Crippen LogP contribution is 1.96. The lowest BCUT2D eigenvalue weighted by atomic mass is 10.2. The summed E-state index contributed by atoms with van der Waals surface area (Å²) in [5.74, 6) is 0. The maximum atomic E-state index is 2.20. The Balaban J connectivity index is 3.06. The minimum Gasteiger partial charge on any atom is -0.205 e. The molecule has 0 unspecified atom stereocenters. The smallest absolute Gasteiger partial charge is 0.171 e. The summed E-state index contributed by atoms with van der Waals surface area (Å²) in [6.45, 7) is 7.46. The molecule has 0 aromatic carbocycles. The lowest BCUT2D eigenvalue weighted by Gasteiger charge is -1.94. The number of aromatic nitrogens is 1. The molecular weight excluding hydrogens is 122 g/mol. The van der Waals surface area contributed by atoms with Gasteiger partial charge in [-0.15, -0.1) is 0 Å². The normalized spacial score (nSPS) is 9.90. The van der Waals surface area contributed by atoms with Crippen LogP contribution < -0.4 is 4.57 Å². The molecule has 0 radical (unpaired) electrons. The second kappa shape index (κ2) is 2.82. The second-order valence-electron chi connectivity index (χ2n) is 2.72. The molecule has 0 saturated carbocycles. The van der Waals surface area contributed by atoms with Crippen molar-refractivity contribution < 1.29 is 4.57 Å². The Morgan fingerprint density at radius 3 is 2.10 bits per heavy atom. The van der Waals surface area contributed by atoms with Gasteiger partial charge in [0.1, 0.15) is 6.54 Å². The van der Waals surface area contributed by atoms with Crippen LogP contribution in [0.4, 0.5) is 0 Å². The fourth-order valence-corrected chi connectivity index (χ4v) is 1.18. The predicted octanol–water partition coefficient (Wildman–Crippen LogP) is 1.61. The molecule has 1 heteroatoms. The monoisotopic (exact) mass is 136 g/mol. The van der Waals surface area contributed by atoms with Gasteiger partial charge < -0.3 is 0 Å². The number of rotatable bonds is 1. The van der Waals surface area contributed by atoms with Gasteiger partial charge in [-0.25, -0.2) is 4.57 Å². The molecule has 1 nitrogen and oxygen atoms in total. The van der Waals surface area contributed by atoms with Gasteiger partial charge in [-0.1, -0.05) is 0 Å². The van der Waals surface area contributed by atoms with Crippen molar-refractivity contribution in [2.75, 3.05) is 0 Å². The van der Waals surface area contributed by atoms with Gasteiger partial charge in [-0.3, -0.25) is 0 Å². The summed E-state index contributed by atoms with van der Waals surface area (Å²) < 4.78 is 2.20. The molecule has 0 fully saturated rings. The van der Waals surface area contributed by atoms with Crippen molar-refractivity contribution in [2.45, 2.75) is 27.3 Å². The molecule has 0 aliphatic carbocycles. The highest BCUT2D eigenvalue weighted by Gasteiger charge is 1.97. The molecule has 0 spiro atoms. The fourth-order valence-electron chi connectivity index (χ4n) is 1.18. The summed E-state index contributed by atoms with van der Waals surface area (Å²) in [6, 6.07) is 2.19. The lowest BCUT2D eigenvalue weighted by Crippen LogP contribution is -2.31. The summed E-state index contributed by atoms with van der Waals surface area (Å²) in [6.07, 6.45) is 4.32.